The van der Waals surface area contributed by atoms with Crippen LogP contribution < -0.4 is 64.8 Å². The molecule has 16 nitrogen and oxygen atoms in total. The second-order valence-corrected chi connectivity index (χ2v) is 23.0. The summed E-state index contributed by atoms with van der Waals surface area (Å²) in [4.78, 5) is 17.3. The highest BCUT2D eigenvalue weighted by atomic mass is 16.5. The first-order valence-electron chi connectivity index (χ1n) is 32.1. The molecule has 0 saturated heterocycles. The van der Waals surface area contributed by atoms with Gasteiger partial charge in [0, 0.05) is 77.5 Å². The van der Waals surface area contributed by atoms with Crippen LogP contribution in [-0.4, -0.2) is 76.4 Å². The second kappa shape index (κ2) is 38.9. The first-order chi connectivity index (χ1) is 40.8. The molecule has 0 aromatic heterocycles. The molecule has 4 aromatic carbocycles. The third-order valence-electron chi connectivity index (χ3n) is 15.4. The molecule has 5 rings (SSSR count). The minimum Gasteiger partial charge on any atom is -0.493 e. The number of benzene rings is 4. The minimum absolute atomic E-state index is 0.0697. The lowest BCUT2D eigenvalue weighted by molar-refractivity contribution is 0.301. The maximum absolute atomic E-state index is 7.16. The van der Waals surface area contributed by atoms with Gasteiger partial charge in [-0.05, 0) is 118 Å². The van der Waals surface area contributed by atoms with Crippen LogP contribution in [-0.2, 0) is 51.4 Å². The van der Waals surface area contributed by atoms with Crippen molar-refractivity contribution in [3.8, 4) is 23.0 Å². The highest BCUT2D eigenvalue weighted by molar-refractivity contribution is 5.76. The number of aryl methyl sites for hydroxylation is 4. The number of hydrogen-bond donors (Lipinski definition) is 8. The Bertz CT molecular complexity index is 2250. The van der Waals surface area contributed by atoms with Gasteiger partial charge >= 0.3 is 0 Å². The fraction of sp³-hybridized carbons (Fsp3) is 0.588. The lowest BCUT2D eigenvalue weighted by atomic mass is 9.87. The van der Waals surface area contributed by atoms with Crippen LogP contribution in [0.1, 0.15) is 223 Å². The number of unbranched alkanes of at least 4 members (excludes halogenated alkanes) is 12. The van der Waals surface area contributed by atoms with E-state index in [1.807, 2.05) is 0 Å². The molecule has 1 aliphatic carbocycles. The minimum atomic E-state index is 0.0697. The van der Waals surface area contributed by atoms with Gasteiger partial charge in [-0.15, -0.1) is 0 Å². The Kier molecular flexibility index (Phi) is 31.5. The molecule has 0 spiro atoms. The smallest absolute Gasteiger partial charge is 0.185 e. The van der Waals surface area contributed by atoms with Gasteiger partial charge in [-0.25, -0.2) is 0 Å². The van der Waals surface area contributed by atoms with Crippen molar-refractivity contribution >= 4 is 23.8 Å². The van der Waals surface area contributed by atoms with Crippen LogP contribution in [0.25, 0.3) is 0 Å². The van der Waals surface area contributed by atoms with Gasteiger partial charge in [0.2, 0.25) is 0 Å². The van der Waals surface area contributed by atoms with E-state index < -0.39 is 0 Å². The molecule has 16 N–H and O–H groups in total. The average molecular weight is 1160 g/mol. The van der Waals surface area contributed by atoms with Gasteiger partial charge < -0.3 is 64.8 Å². The Hall–Kier alpha value is -6.84. The predicted octanol–water partition coefficient (Wildman–Crippen LogP) is 11.0. The highest BCUT2D eigenvalue weighted by Gasteiger charge is 2.25. The summed E-state index contributed by atoms with van der Waals surface area (Å²) >= 11 is 0. The normalized spacial score (nSPS) is 11.9. The topological polar surface area (TPSA) is 295 Å². The molecule has 0 fully saturated rings. The van der Waals surface area contributed by atoms with Gasteiger partial charge in [-0.2, -0.15) is 0 Å². The number of fused-ring (bicyclic) bond motifs is 8. The number of guanidine groups is 4. The quantitative estimate of drug-likeness (QED) is 0.0103. The van der Waals surface area contributed by atoms with Crippen LogP contribution in [0.5, 0.6) is 23.0 Å². The number of rotatable bonds is 40. The zero-order valence-corrected chi connectivity index (χ0v) is 52.1. The monoisotopic (exact) mass is 1160 g/mol. The van der Waals surface area contributed by atoms with E-state index in [9.17, 15) is 0 Å². The maximum Gasteiger partial charge on any atom is 0.185 e. The lowest BCUT2D eigenvalue weighted by Crippen LogP contribution is -2.23. The van der Waals surface area contributed by atoms with Gasteiger partial charge in [0.1, 0.15) is 23.0 Å². The maximum atomic E-state index is 7.16. The summed E-state index contributed by atoms with van der Waals surface area (Å²) in [5.41, 5.74) is 60.7. The van der Waals surface area contributed by atoms with Crippen molar-refractivity contribution in [2.45, 2.75) is 207 Å². The van der Waals surface area contributed by atoms with Crippen LogP contribution in [0.3, 0.4) is 0 Å². The third kappa shape index (κ3) is 24.8. The van der Waals surface area contributed by atoms with Gasteiger partial charge in [-0.3, -0.25) is 20.0 Å². The molecule has 464 valence electrons. The van der Waals surface area contributed by atoms with Crippen molar-refractivity contribution in [1.82, 2.24) is 0 Å². The molecule has 84 heavy (non-hydrogen) atoms. The van der Waals surface area contributed by atoms with Crippen LogP contribution in [0.4, 0.5) is 0 Å². The summed E-state index contributed by atoms with van der Waals surface area (Å²) in [6.07, 6.45) is 27.1. The number of aliphatic imine (C=N–C) groups is 4. The molecule has 0 heterocycles. The van der Waals surface area contributed by atoms with Crippen molar-refractivity contribution in [3.05, 3.63) is 115 Å². The molecule has 0 atom stereocenters. The Morgan fingerprint density at radius 3 is 0.643 bits per heavy atom. The number of nitrogens with zero attached hydrogens (tertiary/aromatic N) is 4. The van der Waals surface area contributed by atoms with E-state index in [-0.39, 0.29) is 23.8 Å². The third-order valence-corrected chi connectivity index (χ3v) is 15.4. The van der Waals surface area contributed by atoms with E-state index in [1.165, 1.54) is 47.9 Å². The lowest BCUT2D eigenvalue weighted by Gasteiger charge is -2.25. The fourth-order valence-corrected chi connectivity index (χ4v) is 11.3. The summed E-state index contributed by atoms with van der Waals surface area (Å²) in [7, 11) is 0. The summed E-state index contributed by atoms with van der Waals surface area (Å²) in [5.74, 6) is 3.78. The molecule has 0 aliphatic heterocycles. The van der Waals surface area contributed by atoms with Gasteiger partial charge in [-0.1, -0.05) is 153 Å². The molecule has 0 radical (unpaired) electrons. The van der Waals surface area contributed by atoms with Crippen LogP contribution in [0.15, 0.2) is 68.5 Å². The molecular weight excluding hydrogens is 1050 g/mol. The standard InChI is InChI=1S/C68H108N12O4/c1-5-9-13-17-25-49-37-53-45-55-39-50(26-18-14-10-6-2)41-57(62(55)82-34-22-30-78-66(71)72)47-59-43-52(28-20-16-12-8-4)44-60(64(59)84-36-24-32-80-68(75)76)48-58-42-51(27-19-15-11-7-3)40-56(63(58)83-35-23-31-79-67(73)74)46-54(38-49)61(53)81-33-21-29-77-65(69)70/h37-44H,5-36,45-48H2,1-4H3,(H4,69,70,77)(H4,71,72,78)(H4,73,74,79)(H4,75,76,80). The van der Waals surface area contributed by atoms with E-state index in [1.54, 1.807) is 0 Å². The van der Waals surface area contributed by atoms with Crippen LogP contribution in [0, 0.1) is 0 Å². The van der Waals surface area contributed by atoms with Crippen LogP contribution in [0.2, 0.25) is 0 Å². The first kappa shape index (κ1) is 67.9. The summed E-state index contributed by atoms with van der Waals surface area (Å²) in [5, 5.41) is 0. The average Bonchev–Trinajstić information content (AvgIpc) is 3.59. The van der Waals surface area contributed by atoms with Gasteiger partial charge in [0.25, 0.3) is 0 Å². The SMILES string of the molecule is CCCCCCc1cc2c(OCCCN=C(N)N)c(c1)Cc1cc(CCCCCC)cc(c1OCCCN=C(N)N)Cc1cc(CCCCCC)cc(c1OCCCN=C(N)N)Cc1cc(CCCCCC)cc(c1OCCCN=C(N)N)C2. The zero-order chi connectivity index (χ0) is 60.3. The Morgan fingerprint density at radius 1 is 0.286 bits per heavy atom. The summed E-state index contributed by atoms with van der Waals surface area (Å²) in [6.45, 7) is 12.6. The molecule has 1 aliphatic rings. The van der Waals surface area contributed by atoms with Crippen molar-refractivity contribution in [1.29, 1.82) is 0 Å². The summed E-state index contributed by atoms with van der Waals surface area (Å²) < 4.78 is 28.7. The van der Waals surface area contributed by atoms with Gasteiger partial charge in [0.15, 0.2) is 23.8 Å². The molecule has 0 amide bonds. The number of ether oxygens (including phenoxy) is 4. The van der Waals surface area contributed by atoms with E-state index >= 15 is 0 Å². The Morgan fingerprint density at radius 2 is 0.476 bits per heavy atom. The molecule has 0 saturated carbocycles. The summed E-state index contributed by atoms with van der Waals surface area (Å²) in [6, 6.07) is 19.2. The largest absolute Gasteiger partial charge is 0.493 e. The van der Waals surface area contributed by atoms with E-state index in [0.29, 0.717) is 104 Å². The van der Waals surface area contributed by atoms with Crippen molar-refractivity contribution in [2.75, 3.05) is 52.6 Å². The zero-order valence-electron chi connectivity index (χ0n) is 52.1. The Labute approximate surface area is 504 Å². The molecule has 0 unspecified atom stereocenters. The number of nitrogens with two attached hydrogens (primary N) is 8. The van der Waals surface area contributed by atoms with Gasteiger partial charge in [0.05, 0.1) is 26.4 Å². The van der Waals surface area contributed by atoms with Crippen molar-refractivity contribution < 1.29 is 18.9 Å². The fourth-order valence-electron chi connectivity index (χ4n) is 11.3. The molecule has 16 heteroatoms. The molecular formula is C68H108N12O4. The molecule has 4 aromatic rings. The Balaban J connectivity index is 1.93. The highest BCUT2D eigenvalue weighted by Crippen LogP contribution is 2.42. The second-order valence-electron chi connectivity index (χ2n) is 23.0. The van der Waals surface area contributed by atoms with Crippen molar-refractivity contribution in [3.63, 3.8) is 0 Å². The number of hydrogen-bond acceptors (Lipinski definition) is 8. The van der Waals surface area contributed by atoms with E-state index in [0.717, 1.165) is 170 Å². The van der Waals surface area contributed by atoms with E-state index in [4.69, 9.17) is 64.8 Å². The van der Waals surface area contributed by atoms with Crippen molar-refractivity contribution in [2.24, 2.45) is 65.8 Å². The van der Waals surface area contributed by atoms with Crippen LogP contribution >= 0.6 is 0 Å². The predicted molar refractivity (Wildman–Crippen MR) is 352 cm³/mol. The van der Waals surface area contributed by atoms with E-state index in [2.05, 4.69) is 96.2 Å². The first-order valence-corrected chi connectivity index (χ1v) is 32.1. The molecule has 8 bridgehead atoms.